The van der Waals surface area contributed by atoms with Gasteiger partial charge < -0.3 is 32.3 Å². The highest BCUT2D eigenvalue weighted by Gasteiger charge is 2.27. The van der Waals surface area contributed by atoms with Crippen molar-refractivity contribution >= 4 is 29.5 Å². The first-order chi connectivity index (χ1) is 11.4. The molecule has 0 bridgehead atoms. The second-order valence-electron chi connectivity index (χ2n) is 5.32. The molecule has 0 saturated carbocycles. The molecule has 0 saturated heterocycles. The van der Waals surface area contributed by atoms with Crippen LogP contribution in [-0.4, -0.2) is 71.3 Å². The molecule has 10 heteroatoms. The Hall–Kier alpha value is -1.36. The number of unbranched alkanes of at least 4 members (excludes halogenated alkanes) is 1. The Morgan fingerprint density at radius 1 is 1.08 bits per heavy atom. The van der Waals surface area contributed by atoms with Gasteiger partial charge in [0.25, 0.3) is 0 Å². The number of aliphatic hydroxyl groups excluding tert-OH is 1. The Balaban J connectivity index is 4.56. The number of thioether (sulfide) groups is 1. The fourth-order valence-electron chi connectivity index (χ4n) is 1.88. The summed E-state index contributed by atoms with van der Waals surface area (Å²) in [5.41, 5.74) is 11.1. The maximum absolute atomic E-state index is 12.1. The summed E-state index contributed by atoms with van der Waals surface area (Å²) in [6, 6.07) is -3.13. The van der Waals surface area contributed by atoms with Crippen molar-refractivity contribution in [1.82, 2.24) is 10.6 Å². The lowest BCUT2D eigenvalue weighted by Gasteiger charge is -2.21. The van der Waals surface area contributed by atoms with Gasteiger partial charge in [-0.05, 0) is 37.8 Å². The zero-order valence-electron chi connectivity index (χ0n) is 13.9. The maximum atomic E-state index is 12.1. The second-order valence-corrected chi connectivity index (χ2v) is 6.30. The smallest absolute Gasteiger partial charge is 0.326 e. The highest BCUT2D eigenvalue weighted by atomic mass is 32.2. The zero-order chi connectivity index (χ0) is 18.5. The van der Waals surface area contributed by atoms with Crippen LogP contribution in [0.3, 0.4) is 0 Å². The van der Waals surface area contributed by atoms with Crippen molar-refractivity contribution in [3.8, 4) is 0 Å². The Bertz CT molecular complexity index is 411. The first-order valence-corrected chi connectivity index (χ1v) is 9.15. The lowest BCUT2D eigenvalue weighted by atomic mass is 10.1. The van der Waals surface area contributed by atoms with Gasteiger partial charge in [0.05, 0.1) is 12.6 Å². The molecule has 2 amide bonds. The molecule has 0 aromatic heterocycles. The van der Waals surface area contributed by atoms with E-state index in [-0.39, 0.29) is 6.42 Å². The third kappa shape index (κ3) is 9.06. The van der Waals surface area contributed by atoms with E-state index in [1.165, 1.54) is 11.8 Å². The molecule has 0 rings (SSSR count). The Morgan fingerprint density at radius 2 is 1.71 bits per heavy atom. The third-order valence-electron chi connectivity index (χ3n) is 3.35. The fraction of sp³-hybridized carbons (Fsp3) is 0.786. The number of rotatable bonds is 13. The van der Waals surface area contributed by atoms with Crippen LogP contribution in [0.15, 0.2) is 0 Å². The van der Waals surface area contributed by atoms with Crippen molar-refractivity contribution in [2.45, 2.75) is 43.8 Å². The molecule has 0 heterocycles. The molecule has 8 N–H and O–H groups in total. The van der Waals surface area contributed by atoms with E-state index in [9.17, 15) is 19.5 Å². The van der Waals surface area contributed by atoms with Gasteiger partial charge in [-0.15, -0.1) is 0 Å². The molecule has 0 aliphatic carbocycles. The molecule has 0 aromatic carbocycles. The van der Waals surface area contributed by atoms with Gasteiger partial charge in [0.15, 0.2) is 0 Å². The van der Waals surface area contributed by atoms with E-state index in [2.05, 4.69) is 10.6 Å². The summed E-state index contributed by atoms with van der Waals surface area (Å²) < 4.78 is 0. The van der Waals surface area contributed by atoms with Crippen molar-refractivity contribution in [3.63, 3.8) is 0 Å². The van der Waals surface area contributed by atoms with Crippen molar-refractivity contribution < 1.29 is 24.6 Å². The quantitative estimate of drug-likeness (QED) is 0.209. The normalized spacial score (nSPS) is 14.5. The van der Waals surface area contributed by atoms with Crippen LogP contribution in [0.2, 0.25) is 0 Å². The topological polar surface area (TPSA) is 168 Å². The van der Waals surface area contributed by atoms with Gasteiger partial charge in [-0.25, -0.2) is 4.79 Å². The van der Waals surface area contributed by atoms with Gasteiger partial charge in [0, 0.05) is 0 Å². The first-order valence-electron chi connectivity index (χ1n) is 7.76. The van der Waals surface area contributed by atoms with Crippen molar-refractivity contribution in [1.29, 1.82) is 0 Å². The average Bonchev–Trinajstić information content (AvgIpc) is 2.55. The van der Waals surface area contributed by atoms with Crippen LogP contribution >= 0.6 is 11.8 Å². The summed E-state index contributed by atoms with van der Waals surface area (Å²) in [4.78, 5) is 35.1. The molecule has 24 heavy (non-hydrogen) atoms. The molecule has 0 unspecified atom stereocenters. The molecular weight excluding hydrogens is 336 g/mol. The lowest BCUT2D eigenvalue weighted by Crippen LogP contribution is -2.55. The molecule has 0 spiro atoms. The summed E-state index contributed by atoms with van der Waals surface area (Å²) in [5, 5.41) is 23.0. The number of hydrogen-bond acceptors (Lipinski definition) is 7. The molecule has 9 nitrogen and oxygen atoms in total. The third-order valence-corrected chi connectivity index (χ3v) is 3.99. The molecule has 0 radical (unpaired) electrons. The molecule has 0 aliphatic rings. The van der Waals surface area contributed by atoms with Crippen molar-refractivity contribution in [3.05, 3.63) is 0 Å². The van der Waals surface area contributed by atoms with Gasteiger partial charge in [-0.3, -0.25) is 9.59 Å². The Morgan fingerprint density at radius 3 is 2.21 bits per heavy atom. The molecule has 0 aromatic rings. The number of carboxylic acid groups (broad SMARTS) is 1. The van der Waals surface area contributed by atoms with E-state index < -0.39 is 42.5 Å². The largest absolute Gasteiger partial charge is 0.480 e. The fourth-order valence-corrected chi connectivity index (χ4v) is 2.35. The lowest BCUT2D eigenvalue weighted by molar-refractivity contribution is -0.142. The minimum Gasteiger partial charge on any atom is -0.480 e. The first kappa shape index (κ1) is 22.6. The predicted octanol–water partition coefficient (Wildman–Crippen LogP) is -1.76. The van der Waals surface area contributed by atoms with E-state index in [0.717, 1.165) is 6.42 Å². The standard InChI is InChI=1S/C14H28N4O5S/c1-24-7-5-10(14(22)23)17-13(21)11(8-19)18-12(20)9(16)4-2-3-6-15/h9-11,19H,2-8,15-16H2,1H3,(H,17,21)(H,18,20)(H,22,23)/t9-,10-,11-/m0/s1. The molecule has 140 valence electrons. The van der Waals surface area contributed by atoms with E-state index in [1.54, 1.807) is 0 Å². The number of carbonyl (C=O) groups excluding carboxylic acids is 2. The Labute approximate surface area is 145 Å². The molecular formula is C14H28N4O5S. The average molecular weight is 364 g/mol. The van der Waals surface area contributed by atoms with E-state index in [1.807, 2.05) is 6.26 Å². The summed E-state index contributed by atoms with van der Waals surface area (Å²) in [7, 11) is 0. The van der Waals surface area contributed by atoms with Crippen LogP contribution in [0, 0.1) is 0 Å². The summed E-state index contributed by atoms with van der Waals surface area (Å²) in [6.45, 7) is -0.148. The highest BCUT2D eigenvalue weighted by Crippen LogP contribution is 2.02. The van der Waals surface area contributed by atoms with Crippen LogP contribution in [0.25, 0.3) is 0 Å². The maximum Gasteiger partial charge on any atom is 0.326 e. The number of carbonyl (C=O) groups is 3. The number of aliphatic carboxylic acids is 1. The second kappa shape index (κ2) is 13.0. The summed E-state index contributed by atoms with van der Waals surface area (Å²) in [5.74, 6) is -1.94. The molecule has 0 aliphatic heterocycles. The molecule has 0 fully saturated rings. The number of hydrogen-bond donors (Lipinski definition) is 6. The van der Waals surface area contributed by atoms with Crippen molar-refractivity contribution in [2.75, 3.05) is 25.2 Å². The van der Waals surface area contributed by atoms with Gasteiger partial charge in [0.1, 0.15) is 12.1 Å². The van der Waals surface area contributed by atoms with Crippen molar-refractivity contribution in [2.24, 2.45) is 11.5 Å². The van der Waals surface area contributed by atoms with Gasteiger partial charge in [-0.2, -0.15) is 11.8 Å². The van der Waals surface area contributed by atoms with Gasteiger partial charge in [-0.1, -0.05) is 6.42 Å². The van der Waals surface area contributed by atoms with Crippen LogP contribution in [-0.2, 0) is 14.4 Å². The summed E-state index contributed by atoms with van der Waals surface area (Å²) in [6.07, 6.45) is 3.89. The number of nitrogens with one attached hydrogen (secondary N) is 2. The van der Waals surface area contributed by atoms with Gasteiger partial charge >= 0.3 is 5.97 Å². The van der Waals surface area contributed by atoms with E-state index in [0.29, 0.717) is 25.1 Å². The predicted molar refractivity (Wildman–Crippen MR) is 92.5 cm³/mol. The number of carboxylic acids is 1. The van der Waals surface area contributed by atoms with Crippen LogP contribution in [0.5, 0.6) is 0 Å². The minimum atomic E-state index is -1.24. The zero-order valence-corrected chi connectivity index (χ0v) is 14.7. The van der Waals surface area contributed by atoms with E-state index in [4.69, 9.17) is 16.6 Å². The van der Waals surface area contributed by atoms with Crippen LogP contribution in [0.4, 0.5) is 0 Å². The highest BCUT2D eigenvalue weighted by molar-refractivity contribution is 7.98. The SMILES string of the molecule is CSCC[C@H](NC(=O)[C@H](CO)NC(=O)[C@@H](N)CCCCN)C(=O)O. The number of aliphatic hydroxyl groups is 1. The van der Waals surface area contributed by atoms with Gasteiger partial charge in [0.2, 0.25) is 11.8 Å². The van der Waals surface area contributed by atoms with E-state index >= 15 is 0 Å². The minimum absolute atomic E-state index is 0.243. The number of amides is 2. The summed E-state index contributed by atoms with van der Waals surface area (Å²) >= 11 is 1.45. The van der Waals surface area contributed by atoms with Crippen LogP contribution < -0.4 is 22.1 Å². The Kier molecular flexibility index (Phi) is 12.3. The molecule has 3 atom stereocenters. The monoisotopic (exact) mass is 364 g/mol. The van der Waals surface area contributed by atoms with Crippen LogP contribution in [0.1, 0.15) is 25.7 Å². The number of nitrogens with two attached hydrogens (primary N) is 2.